The molecule has 0 aromatic heterocycles. The highest BCUT2D eigenvalue weighted by atomic mass is 79.9. The molecule has 3 amide bonds. The molecule has 0 heterocycles. The van der Waals surface area contributed by atoms with Gasteiger partial charge in [0, 0.05) is 42.6 Å². The van der Waals surface area contributed by atoms with Gasteiger partial charge in [0.05, 0.1) is 49.5 Å². The normalized spacial score (nSPS) is 10.6. The number of hydrogen-bond acceptors (Lipinski definition) is 16. The third-order valence-electron chi connectivity index (χ3n) is 10.1. The van der Waals surface area contributed by atoms with Gasteiger partial charge < -0.3 is 24.8 Å². The predicted molar refractivity (Wildman–Crippen MR) is 312 cm³/mol. The number of rotatable bonds is 18. The molecule has 29 heteroatoms. The van der Waals surface area contributed by atoms with Crippen molar-refractivity contribution in [1.82, 2.24) is 4.72 Å². The molecule has 0 aliphatic carbocycles. The number of ether oxygens (including phenoxy) is 3. The van der Waals surface area contributed by atoms with Crippen LogP contribution in [-0.2, 0) is 48.8 Å². The number of ketones is 2. The number of sulfonamides is 2. The number of primary sulfonamides is 1. The SMILES string of the molecule is Cc1cc(S(=O)(=O)NC(=O)CBr)ccc1NC(=O)COc1ccc(Cl)cc1C(=O)c1cc(Cl)cc(C#N)c1.Cc1cc(S(N)(=O)=O)ccc1NC(=O)COc1ccc(Cl)cc1C(=O)c1cc(Cl)cc(C#N)c1.O=C(CBr)OC(=O)CBr. The third-order valence-corrected chi connectivity index (χ3v) is 14.7. The van der Waals surface area contributed by atoms with Crippen molar-refractivity contribution in [3.8, 4) is 23.6 Å². The number of hydrogen-bond donors (Lipinski definition) is 4. The molecule has 6 aromatic rings. The minimum atomic E-state index is -4.07. The van der Waals surface area contributed by atoms with E-state index in [4.69, 9.17) is 71.5 Å². The molecule has 0 fully saturated rings. The van der Waals surface area contributed by atoms with Crippen LogP contribution in [0.25, 0.3) is 0 Å². The number of nitriles is 2. The van der Waals surface area contributed by atoms with E-state index >= 15 is 0 Å². The summed E-state index contributed by atoms with van der Waals surface area (Å²) in [5.74, 6) is -3.82. The number of carbonyl (C=O) groups excluding carboxylic acids is 7. The van der Waals surface area contributed by atoms with Crippen molar-refractivity contribution < 1.29 is 64.6 Å². The topological polar surface area (TPSA) is 325 Å². The predicted octanol–water partition coefficient (Wildman–Crippen LogP) is 9.54. The van der Waals surface area contributed by atoms with Crippen LogP contribution in [0.2, 0.25) is 20.1 Å². The highest BCUT2D eigenvalue weighted by molar-refractivity contribution is 9.09. The van der Waals surface area contributed by atoms with E-state index in [1.54, 1.807) is 13.8 Å². The summed E-state index contributed by atoms with van der Waals surface area (Å²) in [7, 11) is -7.94. The Morgan fingerprint density at radius 3 is 1.31 bits per heavy atom. The number of amides is 3. The first kappa shape index (κ1) is 66.8. The zero-order valence-electron chi connectivity index (χ0n) is 41.6. The molecule has 81 heavy (non-hydrogen) atoms. The summed E-state index contributed by atoms with van der Waals surface area (Å²) < 4.78 is 64.7. The van der Waals surface area contributed by atoms with E-state index in [9.17, 15) is 50.4 Å². The van der Waals surface area contributed by atoms with Crippen LogP contribution < -0.4 is 30.0 Å². The fourth-order valence-corrected chi connectivity index (χ4v) is 9.50. The Balaban J connectivity index is 0.000000304. The standard InChI is InChI=1S/C25H18BrCl2N3O6S.C23H17Cl2N3O5S.C4H4Br2O3/c1-14-6-19(38(35,36)31-23(32)11-26)3-4-21(14)30-24(33)13-37-22-5-2-17(27)10-20(22)25(34)16-7-15(12-29)8-18(28)9-16;1-13-6-18(34(27,31)32)3-4-20(13)28-22(29)12-33-21-5-2-16(24)10-19(21)23(30)15-7-14(11-26)8-17(25)9-15;5-1-3(7)9-4(8)2-6/h2-10H,11,13H2,1H3,(H,30,33)(H,31,32);2-10H,12H2,1H3,(H,28,29)(H2,27,31,32);1-2H2. The van der Waals surface area contributed by atoms with Crippen molar-refractivity contribution in [2.24, 2.45) is 5.14 Å². The van der Waals surface area contributed by atoms with Crippen molar-refractivity contribution in [2.45, 2.75) is 23.6 Å². The number of carbonyl (C=O) groups is 7. The maximum Gasteiger partial charge on any atom is 0.324 e. The molecule has 0 bridgehead atoms. The summed E-state index contributed by atoms with van der Waals surface area (Å²) in [6.07, 6.45) is 0. The van der Waals surface area contributed by atoms with Crippen LogP contribution >= 0.6 is 94.2 Å². The summed E-state index contributed by atoms with van der Waals surface area (Å²) >= 11 is 32.7. The minimum Gasteiger partial charge on any atom is -0.483 e. The quantitative estimate of drug-likeness (QED) is 0.0269. The first-order chi connectivity index (χ1) is 38.1. The van der Waals surface area contributed by atoms with Gasteiger partial charge in [-0.3, -0.25) is 33.6 Å². The molecular weight excluding hydrogens is 1380 g/mol. The van der Waals surface area contributed by atoms with Gasteiger partial charge in [0.2, 0.25) is 15.9 Å². The molecule has 0 spiro atoms. The van der Waals surface area contributed by atoms with Crippen molar-refractivity contribution in [1.29, 1.82) is 10.5 Å². The lowest BCUT2D eigenvalue weighted by atomic mass is 10.0. The van der Waals surface area contributed by atoms with Gasteiger partial charge in [0.1, 0.15) is 22.2 Å². The fourth-order valence-electron chi connectivity index (χ4n) is 6.47. The molecule has 0 saturated heterocycles. The number of nitrogens with one attached hydrogen (secondary N) is 3. The van der Waals surface area contributed by atoms with Gasteiger partial charge in [0.15, 0.2) is 24.8 Å². The van der Waals surface area contributed by atoms with Crippen LogP contribution in [0, 0.1) is 36.5 Å². The van der Waals surface area contributed by atoms with E-state index in [2.05, 4.69) is 63.2 Å². The van der Waals surface area contributed by atoms with Gasteiger partial charge in [-0.2, -0.15) is 10.5 Å². The Labute approximate surface area is 508 Å². The zero-order valence-corrected chi connectivity index (χ0v) is 51.0. The monoisotopic (exact) mass is 1410 g/mol. The molecule has 0 atom stereocenters. The number of aryl methyl sites for hydroxylation is 2. The largest absolute Gasteiger partial charge is 0.483 e. The number of alkyl halides is 3. The van der Waals surface area contributed by atoms with E-state index in [0.717, 1.165) is 0 Å². The molecule has 0 saturated carbocycles. The smallest absolute Gasteiger partial charge is 0.324 e. The highest BCUT2D eigenvalue weighted by Gasteiger charge is 2.22. The van der Waals surface area contributed by atoms with Gasteiger partial charge >= 0.3 is 11.9 Å². The molecule has 0 aliphatic rings. The van der Waals surface area contributed by atoms with Crippen LogP contribution in [0.15, 0.2) is 119 Å². The fraction of sp³-hybridized carbons (Fsp3) is 0.135. The molecule has 0 unspecified atom stereocenters. The van der Waals surface area contributed by atoms with Crippen LogP contribution in [0.1, 0.15) is 54.1 Å². The summed E-state index contributed by atoms with van der Waals surface area (Å²) in [5, 5.41) is 29.5. The van der Waals surface area contributed by atoms with Crippen molar-refractivity contribution in [3.05, 3.63) is 174 Å². The molecule has 20 nitrogen and oxygen atoms in total. The number of anilines is 2. The van der Waals surface area contributed by atoms with Gasteiger partial charge in [-0.1, -0.05) is 94.2 Å². The lowest BCUT2D eigenvalue weighted by Crippen LogP contribution is -2.31. The average molecular weight is 1420 g/mol. The van der Waals surface area contributed by atoms with Gasteiger partial charge in [-0.25, -0.2) is 26.7 Å². The summed E-state index contributed by atoms with van der Waals surface area (Å²) in [4.78, 5) is 82.9. The molecular formula is C52H39Br3Cl4N6O14S2. The Kier molecular flexibility index (Phi) is 25.5. The lowest BCUT2D eigenvalue weighted by Gasteiger charge is -2.13. The minimum absolute atomic E-state index is 0.0474. The highest BCUT2D eigenvalue weighted by Crippen LogP contribution is 2.30. The molecule has 0 aliphatic heterocycles. The van der Waals surface area contributed by atoms with Crippen LogP contribution in [-0.4, -0.2) is 87.3 Å². The van der Waals surface area contributed by atoms with E-state index in [0.29, 0.717) is 22.5 Å². The maximum absolute atomic E-state index is 13.1. The van der Waals surface area contributed by atoms with E-state index in [1.807, 2.05) is 16.9 Å². The van der Waals surface area contributed by atoms with Crippen molar-refractivity contribution >= 4 is 167 Å². The molecule has 6 aromatic carbocycles. The second-order valence-corrected chi connectivity index (χ2v) is 22.7. The van der Waals surface area contributed by atoms with Crippen LogP contribution in [0.4, 0.5) is 11.4 Å². The van der Waals surface area contributed by atoms with E-state index in [-0.39, 0.29) is 90.8 Å². The Morgan fingerprint density at radius 1 is 0.531 bits per heavy atom. The molecule has 5 N–H and O–H groups in total. The van der Waals surface area contributed by atoms with Crippen molar-refractivity contribution in [3.63, 3.8) is 0 Å². The first-order valence-electron chi connectivity index (χ1n) is 22.3. The summed E-state index contributed by atoms with van der Waals surface area (Å²) in [5.41, 5.74) is 2.45. The number of esters is 2. The Bertz CT molecular complexity index is 3770. The number of nitrogens with zero attached hydrogens (tertiary/aromatic N) is 2. The molecule has 0 radical (unpaired) electrons. The average Bonchev–Trinajstić information content (AvgIpc) is 3.48. The van der Waals surface area contributed by atoms with Crippen LogP contribution in [0.5, 0.6) is 11.5 Å². The second-order valence-electron chi connectivity index (χ2n) is 16.1. The Hall–Kier alpha value is -6.75. The maximum atomic E-state index is 13.1. The number of nitrogens with two attached hydrogens (primary N) is 1. The zero-order chi connectivity index (χ0) is 60.4. The Morgan fingerprint density at radius 2 is 0.938 bits per heavy atom. The molecule has 422 valence electrons. The van der Waals surface area contributed by atoms with Gasteiger partial charge in [0.25, 0.3) is 21.8 Å². The third kappa shape index (κ3) is 20.6. The lowest BCUT2D eigenvalue weighted by molar-refractivity contribution is -0.155. The van der Waals surface area contributed by atoms with E-state index in [1.165, 1.54) is 109 Å². The van der Waals surface area contributed by atoms with Crippen molar-refractivity contribution in [2.75, 3.05) is 39.8 Å². The van der Waals surface area contributed by atoms with Crippen LogP contribution in [0.3, 0.4) is 0 Å². The number of benzene rings is 6. The first-order valence-corrected chi connectivity index (χ1v) is 30.2. The van der Waals surface area contributed by atoms with Gasteiger partial charge in [-0.05, 0) is 134 Å². The van der Waals surface area contributed by atoms with E-state index < -0.39 is 74.5 Å². The summed E-state index contributed by atoms with van der Waals surface area (Å²) in [6, 6.07) is 28.9. The van der Waals surface area contributed by atoms with Gasteiger partial charge in [-0.15, -0.1) is 0 Å². The number of halogens is 7. The summed E-state index contributed by atoms with van der Waals surface area (Å²) in [6.45, 7) is 2.26. The molecule has 6 rings (SSSR count). The second kappa shape index (κ2) is 30.9.